The fourth-order valence-electron chi connectivity index (χ4n) is 9.68. The van der Waals surface area contributed by atoms with Gasteiger partial charge in [-0.05, 0) is 141 Å². The van der Waals surface area contributed by atoms with Gasteiger partial charge in [0.15, 0.2) is 0 Å². The van der Waals surface area contributed by atoms with Gasteiger partial charge in [0.25, 0.3) is 5.91 Å². The molecule has 0 aliphatic heterocycles. The fourth-order valence-corrected chi connectivity index (χ4v) is 9.68. The van der Waals surface area contributed by atoms with Gasteiger partial charge >= 0.3 is 30.3 Å². The average molecular weight is 1060 g/mol. The van der Waals surface area contributed by atoms with Crippen molar-refractivity contribution < 1.29 is 68.9 Å². The number of carbonyl (C=O) groups is 4. The number of hydrogen-bond acceptors (Lipinski definition) is 9. The molecule has 4 aromatic heterocycles. The van der Waals surface area contributed by atoms with Crippen LogP contribution < -0.4 is 11.1 Å². The van der Waals surface area contributed by atoms with Crippen LogP contribution in [0.5, 0.6) is 0 Å². The van der Waals surface area contributed by atoms with E-state index in [0.717, 1.165) is 69.3 Å². The Morgan fingerprint density at radius 3 is 1.40 bits per heavy atom. The van der Waals surface area contributed by atoms with Crippen molar-refractivity contribution in [3.8, 4) is 0 Å². The predicted molar refractivity (Wildman–Crippen MR) is 263 cm³/mol. The van der Waals surface area contributed by atoms with Gasteiger partial charge in [0.05, 0.1) is 61.4 Å². The molecule has 2 aliphatic rings. The molecule has 21 heteroatoms. The van der Waals surface area contributed by atoms with Crippen LogP contribution >= 0.6 is 0 Å². The molecule has 6 aromatic rings. The average Bonchev–Trinajstić information content (AvgIpc) is 3.98. The van der Waals surface area contributed by atoms with E-state index in [2.05, 4.69) is 20.0 Å². The number of halogens is 8. The van der Waals surface area contributed by atoms with Crippen molar-refractivity contribution in [1.82, 2.24) is 24.4 Å². The van der Waals surface area contributed by atoms with Gasteiger partial charge in [-0.25, -0.2) is 23.5 Å². The number of carboxylic acid groups (broad SMARTS) is 1. The number of hydrogen-bond donors (Lipinski definition) is 3. The first-order chi connectivity index (χ1) is 35.8. The molecule has 0 saturated heterocycles. The Morgan fingerprint density at radius 2 is 1.03 bits per heavy atom. The molecular weight excluding hydrogens is 997 g/mol. The van der Waals surface area contributed by atoms with Gasteiger partial charge < -0.3 is 34.8 Å². The van der Waals surface area contributed by atoms with Gasteiger partial charge in [-0.3, -0.25) is 14.4 Å². The van der Waals surface area contributed by atoms with E-state index in [4.69, 9.17) is 10.5 Å². The van der Waals surface area contributed by atoms with Gasteiger partial charge in [-0.2, -0.15) is 26.3 Å². The molecule has 2 aromatic carbocycles. The van der Waals surface area contributed by atoms with Crippen LogP contribution in [0.2, 0.25) is 0 Å². The maximum atomic E-state index is 13.3. The lowest BCUT2D eigenvalue weighted by Gasteiger charge is -2.26. The highest BCUT2D eigenvalue weighted by atomic mass is 19.4. The van der Waals surface area contributed by atoms with E-state index in [-0.39, 0.29) is 67.1 Å². The summed E-state index contributed by atoms with van der Waals surface area (Å²) >= 11 is 0. The number of benzene rings is 2. The summed E-state index contributed by atoms with van der Waals surface area (Å²) in [6.45, 7) is -0.115. The number of nitrogens with two attached hydrogens (primary N) is 1. The van der Waals surface area contributed by atoms with Gasteiger partial charge in [-0.1, -0.05) is 24.3 Å². The minimum absolute atomic E-state index is 0.0107. The molecule has 0 spiro atoms. The number of fused-ring (bicyclic) bond motifs is 2. The number of esters is 2. The zero-order valence-corrected chi connectivity index (χ0v) is 41.5. The van der Waals surface area contributed by atoms with Crippen LogP contribution in [-0.2, 0) is 57.3 Å². The molecular formula is C54H60F8N6O7. The van der Waals surface area contributed by atoms with E-state index < -0.39 is 42.8 Å². The Kier molecular flexibility index (Phi) is 19.9. The number of rotatable bonds is 15. The van der Waals surface area contributed by atoms with E-state index in [9.17, 15) is 59.4 Å². The van der Waals surface area contributed by atoms with E-state index in [1.54, 1.807) is 29.1 Å². The second-order valence-electron chi connectivity index (χ2n) is 18.7. The van der Waals surface area contributed by atoms with E-state index in [1.807, 2.05) is 0 Å². The third-order valence-corrected chi connectivity index (χ3v) is 13.8. The number of carbonyl (C=O) groups excluding carboxylic acids is 3. The molecule has 0 atom stereocenters. The smallest absolute Gasteiger partial charge is 0.416 e. The highest BCUT2D eigenvalue weighted by Gasteiger charge is 2.32. The van der Waals surface area contributed by atoms with Crippen LogP contribution in [0.25, 0.3) is 22.1 Å². The first kappa shape index (κ1) is 57.4. The van der Waals surface area contributed by atoms with Crippen LogP contribution in [0, 0.1) is 23.7 Å². The molecule has 404 valence electrons. The topological polar surface area (TPSA) is 181 Å². The summed E-state index contributed by atoms with van der Waals surface area (Å²) in [7, 11) is 2.84. The minimum atomic E-state index is -4.42. The number of amides is 1. The van der Waals surface area contributed by atoms with Crippen LogP contribution in [0.3, 0.4) is 0 Å². The third kappa shape index (κ3) is 14.9. The Bertz CT molecular complexity index is 2870. The molecule has 0 unspecified atom stereocenters. The van der Waals surface area contributed by atoms with Gasteiger partial charge in [0, 0.05) is 42.1 Å². The number of ether oxygens (including phenoxy) is 2. The molecule has 1 amide bonds. The molecule has 13 nitrogen and oxygen atoms in total. The molecule has 2 saturated carbocycles. The zero-order valence-electron chi connectivity index (χ0n) is 41.5. The molecule has 75 heavy (non-hydrogen) atoms. The Morgan fingerprint density at radius 1 is 0.627 bits per heavy atom. The molecule has 4 N–H and O–H groups in total. The SMILES string of the molecule is COC(=O)C1CCC(CN)CC1.COC(=O)C1CCC(CNC(=O)c2cn(CCF)c3nccc(Cc4ccc(C(F)(F)F)cc4)c23)CC1.O=C(O)c1cn(CCF)c2nccc(Cc3ccc(C(F)(F)F)cc3)c12. The molecule has 2 fully saturated rings. The number of pyridine rings is 2. The first-order valence-corrected chi connectivity index (χ1v) is 24.5. The molecule has 0 bridgehead atoms. The molecule has 2 aliphatic carbocycles. The van der Waals surface area contributed by atoms with Crippen LogP contribution in [0.15, 0.2) is 85.5 Å². The fraction of sp³-hybridized carbons (Fsp3) is 0.444. The van der Waals surface area contributed by atoms with Crippen LogP contribution in [0.4, 0.5) is 35.1 Å². The van der Waals surface area contributed by atoms with Crippen molar-refractivity contribution in [2.45, 2.75) is 89.7 Å². The largest absolute Gasteiger partial charge is 0.478 e. The predicted octanol–water partition coefficient (Wildman–Crippen LogP) is 10.6. The van der Waals surface area contributed by atoms with Crippen molar-refractivity contribution in [2.24, 2.45) is 29.4 Å². The quantitative estimate of drug-likeness (QED) is 0.0662. The van der Waals surface area contributed by atoms with Crippen LogP contribution in [-0.4, -0.2) is 88.7 Å². The maximum absolute atomic E-state index is 13.3. The highest BCUT2D eigenvalue weighted by molar-refractivity contribution is 6.07. The lowest BCUT2D eigenvalue weighted by atomic mass is 9.82. The molecule has 4 heterocycles. The van der Waals surface area contributed by atoms with E-state index in [0.29, 0.717) is 75.2 Å². The summed E-state index contributed by atoms with van der Waals surface area (Å²) in [4.78, 5) is 56.1. The Hall–Kier alpha value is -6.90. The van der Waals surface area contributed by atoms with Gasteiger partial charge in [0.2, 0.25) is 0 Å². The maximum Gasteiger partial charge on any atom is 0.416 e. The number of alkyl halides is 8. The van der Waals surface area contributed by atoms with E-state index in [1.165, 1.54) is 55.4 Å². The van der Waals surface area contributed by atoms with Crippen molar-refractivity contribution in [1.29, 1.82) is 0 Å². The first-order valence-electron chi connectivity index (χ1n) is 24.5. The Balaban J connectivity index is 0.000000207. The monoisotopic (exact) mass is 1060 g/mol. The van der Waals surface area contributed by atoms with E-state index >= 15 is 0 Å². The number of aromatic nitrogens is 4. The highest BCUT2D eigenvalue weighted by Crippen LogP contribution is 2.34. The van der Waals surface area contributed by atoms with Crippen molar-refractivity contribution >= 4 is 45.9 Å². The number of nitrogens with zero attached hydrogens (tertiary/aromatic N) is 4. The minimum Gasteiger partial charge on any atom is -0.478 e. The summed E-state index contributed by atoms with van der Waals surface area (Å²) in [5, 5.41) is 13.3. The number of carboxylic acids is 1. The standard InChI is InChI=1S/C27H29F4N3O3.C18H14F4N2O2.C9H17NO2/c1-37-26(36)19-6-2-18(3-7-19)15-33-25(35)22-16-34(13-11-28)24-23(22)20(10-12-32-24)14-17-4-8-21(9-5-17)27(29,30)31;19-6-8-24-10-14(17(25)26)15-12(5-7-23-16(15)24)9-11-1-3-13(4-2-11)18(20,21)22;1-12-9(11)8-4-2-7(6-10)3-5-8/h4-5,8-10,12,16,18-19H,2-3,6-7,11,13-15H2,1H3,(H,33,35);1-5,7,10H,6,8-9H2,(H,25,26);7-8H,2-6,10H2,1H3. The van der Waals surface area contributed by atoms with Gasteiger partial charge in [0.1, 0.15) is 24.6 Å². The molecule has 8 rings (SSSR count). The van der Waals surface area contributed by atoms with Gasteiger partial charge in [-0.15, -0.1) is 0 Å². The van der Waals surface area contributed by atoms with Crippen molar-refractivity contribution in [3.63, 3.8) is 0 Å². The lowest BCUT2D eigenvalue weighted by molar-refractivity contribution is -0.147. The zero-order chi connectivity index (χ0) is 54.5. The summed E-state index contributed by atoms with van der Waals surface area (Å²) in [6, 6.07) is 12.9. The summed E-state index contributed by atoms with van der Waals surface area (Å²) in [6.07, 6.45) is 4.70. The number of aromatic carboxylic acids is 1. The van der Waals surface area contributed by atoms with Crippen molar-refractivity contribution in [2.75, 3.05) is 40.7 Å². The normalized spacial score (nSPS) is 17.8. The second-order valence-corrected chi connectivity index (χ2v) is 18.7. The summed E-state index contributed by atoms with van der Waals surface area (Å²) in [5.74, 6) is -0.845. The number of aryl methyl sites for hydroxylation is 2. The number of methoxy groups -OCH3 is 2. The van der Waals surface area contributed by atoms with Crippen LogP contribution in [0.1, 0.15) is 105 Å². The third-order valence-electron chi connectivity index (χ3n) is 13.8. The Labute approximate surface area is 427 Å². The molecule has 0 radical (unpaired) electrons. The number of nitrogens with one attached hydrogen (secondary N) is 1. The van der Waals surface area contributed by atoms with Crippen molar-refractivity contribution in [3.05, 3.63) is 130 Å². The summed E-state index contributed by atoms with van der Waals surface area (Å²) in [5.41, 5.74) is 7.75. The lowest BCUT2D eigenvalue weighted by Crippen LogP contribution is -2.32. The summed E-state index contributed by atoms with van der Waals surface area (Å²) < 4.78 is 115. The second kappa shape index (κ2) is 26.0.